The number of ether oxygens (including phenoxy) is 1. The monoisotopic (exact) mass is 213 g/mol. The Kier molecular flexibility index (Phi) is 3.43. The number of carbonyl (C=O) groups excluding carboxylic acids is 1. The van der Waals surface area contributed by atoms with Crippen LogP contribution in [-0.4, -0.2) is 55.9 Å². The van der Waals surface area contributed by atoms with Gasteiger partial charge in [0.15, 0.2) is 0 Å². The van der Waals surface area contributed by atoms with E-state index in [9.17, 15) is 4.79 Å². The Bertz CT molecular complexity index is 235. The second kappa shape index (κ2) is 4.81. The van der Waals surface area contributed by atoms with E-state index in [4.69, 9.17) is 4.74 Å². The van der Waals surface area contributed by atoms with Gasteiger partial charge in [0, 0.05) is 38.8 Å². The molecule has 0 aliphatic carbocycles. The van der Waals surface area contributed by atoms with Gasteiger partial charge in [-0.2, -0.15) is 0 Å². The molecule has 2 heterocycles. The molecule has 2 unspecified atom stereocenters. The molecule has 2 aliphatic rings. The molecule has 5 nitrogen and oxygen atoms in total. The molecule has 2 rings (SSSR count). The third-order valence-corrected chi connectivity index (χ3v) is 3.11. The summed E-state index contributed by atoms with van der Waals surface area (Å²) in [6, 6.07) is 0.517. The number of nitrogens with zero attached hydrogens (tertiary/aromatic N) is 1. The summed E-state index contributed by atoms with van der Waals surface area (Å²) in [5, 5.41) is 6.22. The van der Waals surface area contributed by atoms with Crippen molar-refractivity contribution in [3.63, 3.8) is 0 Å². The molecular weight excluding hydrogens is 194 g/mol. The lowest BCUT2D eigenvalue weighted by Crippen LogP contribution is -2.41. The molecular formula is C10H19N3O2. The molecule has 5 heteroatoms. The van der Waals surface area contributed by atoms with Crippen LogP contribution in [-0.2, 0) is 4.74 Å². The van der Waals surface area contributed by atoms with Gasteiger partial charge in [-0.1, -0.05) is 0 Å². The van der Waals surface area contributed by atoms with Crippen molar-refractivity contribution in [1.29, 1.82) is 0 Å². The molecule has 0 aromatic heterocycles. The Balaban J connectivity index is 1.64. The van der Waals surface area contributed by atoms with E-state index in [-0.39, 0.29) is 6.03 Å². The molecule has 0 saturated carbocycles. The van der Waals surface area contributed by atoms with E-state index in [1.807, 2.05) is 4.90 Å². The van der Waals surface area contributed by atoms with E-state index in [2.05, 4.69) is 17.6 Å². The van der Waals surface area contributed by atoms with Gasteiger partial charge in [0.25, 0.3) is 0 Å². The van der Waals surface area contributed by atoms with Crippen LogP contribution in [0.25, 0.3) is 0 Å². The van der Waals surface area contributed by atoms with E-state index in [1.165, 1.54) is 0 Å². The van der Waals surface area contributed by atoms with Crippen molar-refractivity contribution < 1.29 is 9.53 Å². The van der Waals surface area contributed by atoms with Crippen LogP contribution in [0.1, 0.15) is 13.3 Å². The summed E-state index contributed by atoms with van der Waals surface area (Å²) >= 11 is 0. The van der Waals surface area contributed by atoms with Gasteiger partial charge in [-0.25, -0.2) is 4.79 Å². The Morgan fingerprint density at radius 1 is 1.67 bits per heavy atom. The molecule has 0 bridgehead atoms. The number of hydrogen-bond donors (Lipinski definition) is 2. The third-order valence-electron chi connectivity index (χ3n) is 3.11. The molecule has 0 spiro atoms. The molecule has 86 valence electrons. The molecule has 2 saturated heterocycles. The first kappa shape index (κ1) is 10.7. The number of amides is 2. The van der Waals surface area contributed by atoms with Gasteiger partial charge in [-0.15, -0.1) is 0 Å². The maximum atomic E-state index is 11.2. The minimum absolute atomic E-state index is 0.0625. The topological polar surface area (TPSA) is 53.6 Å². The molecule has 2 atom stereocenters. The van der Waals surface area contributed by atoms with Crippen LogP contribution < -0.4 is 10.6 Å². The first-order valence-electron chi connectivity index (χ1n) is 5.65. The summed E-state index contributed by atoms with van der Waals surface area (Å²) in [5.41, 5.74) is 0. The summed E-state index contributed by atoms with van der Waals surface area (Å²) in [7, 11) is 0. The molecule has 2 amide bonds. The summed E-state index contributed by atoms with van der Waals surface area (Å²) in [4.78, 5) is 13.1. The average molecular weight is 213 g/mol. The van der Waals surface area contributed by atoms with Gasteiger partial charge in [0.05, 0.1) is 6.10 Å². The number of carbonyl (C=O) groups is 1. The Labute approximate surface area is 90.1 Å². The Morgan fingerprint density at radius 3 is 3.13 bits per heavy atom. The fraction of sp³-hybridized carbons (Fsp3) is 0.900. The summed E-state index contributed by atoms with van der Waals surface area (Å²) in [6.07, 6.45) is 1.38. The second-order valence-electron chi connectivity index (χ2n) is 4.14. The van der Waals surface area contributed by atoms with E-state index < -0.39 is 0 Å². The number of hydrogen-bond acceptors (Lipinski definition) is 3. The van der Waals surface area contributed by atoms with Crippen molar-refractivity contribution >= 4 is 6.03 Å². The zero-order chi connectivity index (χ0) is 10.7. The fourth-order valence-corrected chi connectivity index (χ4v) is 2.11. The molecule has 0 radical (unpaired) electrons. The number of urea groups is 1. The highest BCUT2D eigenvalue weighted by atomic mass is 16.5. The number of nitrogens with one attached hydrogen (secondary N) is 2. The summed E-state index contributed by atoms with van der Waals surface area (Å²) in [5.74, 6) is 0. The number of rotatable bonds is 4. The Hall–Kier alpha value is -0.810. The van der Waals surface area contributed by atoms with Crippen LogP contribution in [0.15, 0.2) is 0 Å². The van der Waals surface area contributed by atoms with Crippen molar-refractivity contribution in [2.75, 3.05) is 32.8 Å². The van der Waals surface area contributed by atoms with Gasteiger partial charge in [-0.3, -0.25) is 0 Å². The highest BCUT2D eigenvalue weighted by Gasteiger charge is 2.24. The molecule has 15 heavy (non-hydrogen) atoms. The summed E-state index contributed by atoms with van der Waals surface area (Å²) in [6.45, 7) is 6.19. The Morgan fingerprint density at radius 2 is 2.53 bits per heavy atom. The van der Waals surface area contributed by atoms with E-state index >= 15 is 0 Å². The lowest BCUT2D eigenvalue weighted by atomic mass is 10.1. The maximum Gasteiger partial charge on any atom is 0.317 e. The minimum Gasteiger partial charge on any atom is -0.377 e. The molecule has 0 aromatic carbocycles. The van der Waals surface area contributed by atoms with Crippen LogP contribution in [0.4, 0.5) is 4.79 Å². The van der Waals surface area contributed by atoms with Crippen molar-refractivity contribution in [3.05, 3.63) is 0 Å². The second-order valence-corrected chi connectivity index (χ2v) is 4.14. The lowest BCUT2D eigenvalue weighted by Gasteiger charge is -2.19. The van der Waals surface area contributed by atoms with E-state index in [1.54, 1.807) is 0 Å². The van der Waals surface area contributed by atoms with Gasteiger partial charge in [0.2, 0.25) is 0 Å². The molecule has 2 N–H and O–H groups in total. The van der Waals surface area contributed by atoms with Crippen molar-refractivity contribution in [3.8, 4) is 0 Å². The average Bonchev–Trinajstić information content (AvgIpc) is 2.78. The van der Waals surface area contributed by atoms with Crippen LogP contribution >= 0.6 is 0 Å². The van der Waals surface area contributed by atoms with Gasteiger partial charge >= 0.3 is 6.03 Å². The highest BCUT2D eigenvalue weighted by molar-refractivity contribution is 5.76. The summed E-state index contributed by atoms with van der Waals surface area (Å²) < 4.78 is 5.45. The van der Waals surface area contributed by atoms with E-state index in [0.29, 0.717) is 12.1 Å². The molecule has 2 fully saturated rings. The van der Waals surface area contributed by atoms with Crippen molar-refractivity contribution in [2.45, 2.75) is 25.5 Å². The van der Waals surface area contributed by atoms with Crippen molar-refractivity contribution in [1.82, 2.24) is 15.5 Å². The third kappa shape index (κ3) is 2.60. The fourth-order valence-electron chi connectivity index (χ4n) is 2.11. The maximum absolute atomic E-state index is 11.2. The lowest BCUT2D eigenvalue weighted by molar-refractivity contribution is 0.113. The SMILES string of the molecule is CC1OCCC1NCCN1CCNC1=O. The quantitative estimate of drug-likeness (QED) is 0.679. The van der Waals surface area contributed by atoms with Crippen molar-refractivity contribution in [2.24, 2.45) is 0 Å². The van der Waals surface area contributed by atoms with E-state index in [0.717, 1.165) is 39.2 Å². The highest BCUT2D eigenvalue weighted by Crippen LogP contribution is 2.12. The predicted molar refractivity (Wildman–Crippen MR) is 56.8 cm³/mol. The molecule has 2 aliphatic heterocycles. The zero-order valence-electron chi connectivity index (χ0n) is 9.16. The predicted octanol–water partition coefficient (Wildman–Crippen LogP) is -0.221. The standard InChI is InChI=1S/C10H19N3O2/c1-8-9(2-7-15-8)11-3-5-13-6-4-12-10(13)14/h8-9,11H,2-7H2,1H3,(H,12,14). The smallest absolute Gasteiger partial charge is 0.317 e. The first-order chi connectivity index (χ1) is 7.27. The van der Waals surface area contributed by atoms with Crippen LogP contribution in [0.5, 0.6) is 0 Å². The van der Waals surface area contributed by atoms with Crippen LogP contribution in [0.2, 0.25) is 0 Å². The largest absolute Gasteiger partial charge is 0.377 e. The normalized spacial score (nSPS) is 31.0. The first-order valence-corrected chi connectivity index (χ1v) is 5.65. The zero-order valence-corrected chi connectivity index (χ0v) is 9.16. The van der Waals surface area contributed by atoms with Gasteiger partial charge in [-0.05, 0) is 13.3 Å². The minimum atomic E-state index is 0.0625. The van der Waals surface area contributed by atoms with Crippen LogP contribution in [0, 0.1) is 0 Å². The van der Waals surface area contributed by atoms with Gasteiger partial charge < -0.3 is 20.3 Å². The molecule has 0 aromatic rings. The van der Waals surface area contributed by atoms with Crippen LogP contribution in [0.3, 0.4) is 0 Å². The van der Waals surface area contributed by atoms with Gasteiger partial charge in [0.1, 0.15) is 0 Å².